The smallest absolute Gasteiger partial charge is 0.243 e. The first-order valence-corrected chi connectivity index (χ1v) is 8.76. The summed E-state index contributed by atoms with van der Waals surface area (Å²) in [5.41, 5.74) is 1.98. The van der Waals surface area contributed by atoms with E-state index in [4.69, 9.17) is 0 Å². The van der Waals surface area contributed by atoms with Crippen LogP contribution in [0.2, 0.25) is 0 Å². The second-order valence-corrected chi connectivity index (χ2v) is 6.57. The predicted octanol–water partition coefficient (Wildman–Crippen LogP) is 2.96. The van der Waals surface area contributed by atoms with Crippen molar-refractivity contribution in [3.8, 4) is 0 Å². The van der Waals surface area contributed by atoms with Gasteiger partial charge < -0.3 is 5.32 Å². The number of hydrazone groups is 1. The van der Waals surface area contributed by atoms with Crippen LogP contribution >= 0.6 is 0 Å². The molecule has 130 valence electrons. The third kappa shape index (κ3) is 5.80. The highest BCUT2D eigenvalue weighted by molar-refractivity contribution is 6.02. The van der Waals surface area contributed by atoms with Gasteiger partial charge >= 0.3 is 0 Å². The first-order valence-electron chi connectivity index (χ1n) is 8.76. The van der Waals surface area contributed by atoms with Gasteiger partial charge in [0.05, 0.1) is 12.3 Å². The highest BCUT2D eigenvalue weighted by atomic mass is 16.2. The molecule has 0 spiro atoms. The van der Waals surface area contributed by atoms with Crippen LogP contribution in [0.15, 0.2) is 35.4 Å². The highest BCUT2D eigenvalue weighted by Crippen LogP contribution is 2.14. The minimum absolute atomic E-state index is 0.0569. The van der Waals surface area contributed by atoms with E-state index in [1.165, 1.54) is 5.01 Å². The van der Waals surface area contributed by atoms with Gasteiger partial charge in [-0.3, -0.25) is 9.59 Å². The molecule has 1 aromatic carbocycles. The molecule has 0 unspecified atom stereocenters. The molecule has 5 nitrogen and oxygen atoms in total. The molecule has 1 heterocycles. The molecular formula is C19H27N3O2. The fourth-order valence-electron chi connectivity index (χ4n) is 2.65. The zero-order valence-electron chi connectivity index (χ0n) is 14.6. The lowest BCUT2D eigenvalue weighted by Crippen LogP contribution is -2.28. The number of carbonyl (C=O) groups excluding carboxylic acids is 2. The zero-order valence-corrected chi connectivity index (χ0v) is 14.6. The summed E-state index contributed by atoms with van der Waals surface area (Å²) in [4.78, 5) is 24.0. The lowest BCUT2D eigenvalue weighted by atomic mass is 10.1. The van der Waals surface area contributed by atoms with Crippen LogP contribution in [0.3, 0.4) is 0 Å². The van der Waals surface area contributed by atoms with Gasteiger partial charge in [-0.15, -0.1) is 0 Å². The first-order chi connectivity index (χ1) is 11.6. The average molecular weight is 329 g/mol. The number of hydrogen-bond acceptors (Lipinski definition) is 3. The maximum absolute atomic E-state index is 12.2. The lowest BCUT2D eigenvalue weighted by Gasteiger charge is -2.11. The van der Waals surface area contributed by atoms with E-state index in [1.54, 1.807) is 0 Å². The average Bonchev–Trinajstić information content (AvgIpc) is 3.07. The number of benzene rings is 1. The molecular weight excluding hydrogens is 302 g/mol. The quantitative estimate of drug-likeness (QED) is 0.745. The van der Waals surface area contributed by atoms with Crippen molar-refractivity contribution in [3.05, 3.63) is 35.9 Å². The Morgan fingerprint density at radius 2 is 1.96 bits per heavy atom. The maximum Gasteiger partial charge on any atom is 0.243 e. The van der Waals surface area contributed by atoms with Crippen LogP contribution in [-0.4, -0.2) is 35.6 Å². The van der Waals surface area contributed by atoms with E-state index in [0.717, 1.165) is 30.5 Å². The second kappa shape index (κ2) is 9.21. The van der Waals surface area contributed by atoms with Crippen molar-refractivity contribution >= 4 is 17.5 Å². The largest absolute Gasteiger partial charge is 0.356 e. The first kappa shape index (κ1) is 18.2. The Labute approximate surface area is 144 Å². The maximum atomic E-state index is 12.2. The summed E-state index contributed by atoms with van der Waals surface area (Å²) in [7, 11) is 0. The van der Waals surface area contributed by atoms with Crippen molar-refractivity contribution in [1.29, 1.82) is 0 Å². The molecule has 0 bridgehead atoms. The van der Waals surface area contributed by atoms with Gasteiger partial charge in [-0.05, 0) is 24.3 Å². The van der Waals surface area contributed by atoms with Crippen molar-refractivity contribution < 1.29 is 9.59 Å². The molecule has 2 rings (SSSR count). The number of hydrogen-bond donors (Lipinski definition) is 1. The van der Waals surface area contributed by atoms with E-state index >= 15 is 0 Å². The SMILES string of the molecule is CC(C)CCCNC(=O)CCC(=O)N1CCC(c2ccccc2)=N1. The zero-order chi connectivity index (χ0) is 17.4. The number of rotatable bonds is 8. The Morgan fingerprint density at radius 1 is 1.21 bits per heavy atom. The van der Waals surface area contributed by atoms with Crippen molar-refractivity contribution in [3.63, 3.8) is 0 Å². The summed E-state index contributed by atoms with van der Waals surface area (Å²) in [6.07, 6.45) is 3.28. The third-order valence-electron chi connectivity index (χ3n) is 4.04. The number of amides is 2. The fraction of sp³-hybridized carbons (Fsp3) is 0.526. The van der Waals surface area contributed by atoms with Crippen LogP contribution in [0.4, 0.5) is 0 Å². The van der Waals surface area contributed by atoms with Crippen LogP contribution in [0.25, 0.3) is 0 Å². The molecule has 1 aromatic rings. The molecule has 1 aliphatic heterocycles. The lowest BCUT2D eigenvalue weighted by molar-refractivity contribution is -0.133. The highest BCUT2D eigenvalue weighted by Gasteiger charge is 2.21. The summed E-state index contributed by atoms with van der Waals surface area (Å²) in [6, 6.07) is 9.88. The van der Waals surface area contributed by atoms with Gasteiger partial charge in [0.2, 0.25) is 11.8 Å². The summed E-state index contributed by atoms with van der Waals surface area (Å²) in [6.45, 7) is 5.62. The summed E-state index contributed by atoms with van der Waals surface area (Å²) < 4.78 is 0. The van der Waals surface area contributed by atoms with E-state index in [-0.39, 0.29) is 24.7 Å². The molecule has 0 saturated carbocycles. The molecule has 0 aromatic heterocycles. The molecule has 0 saturated heterocycles. The number of nitrogens with zero attached hydrogens (tertiary/aromatic N) is 2. The van der Waals surface area contributed by atoms with Gasteiger partial charge in [0, 0.05) is 25.8 Å². The normalized spacial score (nSPS) is 14.0. The van der Waals surface area contributed by atoms with E-state index in [0.29, 0.717) is 19.0 Å². The number of carbonyl (C=O) groups is 2. The van der Waals surface area contributed by atoms with Crippen LogP contribution in [0.5, 0.6) is 0 Å². The van der Waals surface area contributed by atoms with Gasteiger partial charge in [-0.1, -0.05) is 44.2 Å². The Hall–Kier alpha value is -2.17. The van der Waals surface area contributed by atoms with E-state index in [2.05, 4.69) is 24.3 Å². The minimum atomic E-state index is -0.0849. The minimum Gasteiger partial charge on any atom is -0.356 e. The van der Waals surface area contributed by atoms with Crippen molar-refractivity contribution in [2.24, 2.45) is 11.0 Å². The van der Waals surface area contributed by atoms with Crippen molar-refractivity contribution in [1.82, 2.24) is 10.3 Å². The number of nitrogens with one attached hydrogen (secondary N) is 1. The van der Waals surface area contributed by atoms with Crippen LogP contribution in [0, 0.1) is 5.92 Å². The van der Waals surface area contributed by atoms with Crippen molar-refractivity contribution in [2.45, 2.75) is 46.0 Å². The predicted molar refractivity (Wildman–Crippen MR) is 95.6 cm³/mol. The second-order valence-electron chi connectivity index (χ2n) is 6.57. The standard InChI is InChI=1S/C19H27N3O2/c1-15(2)7-6-13-20-18(23)10-11-19(24)22-14-12-17(21-22)16-8-4-3-5-9-16/h3-5,8-9,15H,6-7,10-14H2,1-2H3,(H,20,23). The molecule has 5 heteroatoms. The molecule has 0 aliphatic carbocycles. The summed E-state index contributed by atoms with van der Waals surface area (Å²) in [5, 5.41) is 8.77. The molecule has 1 aliphatic rings. The Balaban J connectivity index is 1.71. The van der Waals surface area contributed by atoms with E-state index in [9.17, 15) is 9.59 Å². The van der Waals surface area contributed by atoms with Gasteiger partial charge in [-0.2, -0.15) is 5.10 Å². The van der Waals surface area contributed by atoms with Crippen LogP contribution in [-0.2, 0) is 9.59 Å². The van der Waals surface area contributed by atoms with E-state index < -0.39 is 0 Å². The van der Waals surface area contributed by atoms with Crippen LogP contribution < -0.4 is 5.32 Å². The molecule has 2 amide bonds. The van der Waals surface area contributed by atoms with Crippen LogP contribution in [0.1, 0.15) is 51.5 Å². The molecule has 0 fully saturated rings. The summed E-state index contributed by atoms with van der Waals surface area (Å²) >= 11 is 0. The topological polar surface area (TPSA) is 61.8 Å². The fourth-order valence-corrected chi connectivity index (χ4v) is 2.65. The Kier molecular flexibility index (Phi) is 6.97. The van der Waals surface area contributed by atoms with Crippen molar-refractivity contribution in [2.75, 3.05) is 13.1 Å². The Morgan fingerprint density at radius 3 is 2.67 bits per heavy atom. The molecule has 0 atom stereocenters. The van der Waals surface area contributed by atoms with Gasteiger partial charge in [-0.25, -0.2) is 5.01 Å². The molecule has 0 radical (unpaired) electrons. The summed E-state index contributed by atoms with van der Waals surface area (Å²) in [5.74, 6) is 0.507. The van der Waals surface area contributed by atoms with E-state index in [1.807, 2.05) is 30.3 Å². The van der Waals surface area contributed by atoms with Gasteiger partial charge in [0.15, 0.2) is 0 Å². The van der Waals surface area contributed by atoms with Gasteiger partial charge in [0.1, 0.15) is 0 Å². The monoisotopic (exact) mass is 329 g/mol. The Bertz CT molecular complexity index is 582. The molecule has 24 heavy (non-hydrogen) atoms. The molecule has 1 N–H and O–H groups in total. The van der Waals surface area contributed by atoms with Gasteiger partial charge in [0.25, 0.3) is 0 Å². The third-order valence-corrected chi connectivity index (χ3v) is 4.04.